The maximum atomic E-state index is 11.4. The average molecular weight is 265 g/mol. The number of anilines is 2. The molecule has 0 aliphatic rings. The summed E-state index contributed by atoms with van der Waals surface area (Å²) in [6.45, 7) is 1.95. The van der Waals surface area contributed by atoms with Crippen LogP contribution < -0.4 is 10.6 Å². The van der Waals surface area contributed by atoms with Crippen LogP contribution in [-0.2, 0) is 4.74 Å². The van der Waals surface area contributed by atoms with Gasteiger partial charge in [0.1, 0.15) is 0 Å². The summed E-state index contributed by atoms with van der Waals surface area (Å²) in [6.07, 6.45) is 1.06. The molecule has 0 fully saturated rings. The first-order chi connectivity index (χ1) is 8.95. The van der Waals surface area contributed by atoms with E-state index in [1.54, 1.807) is 12.1 Å². The number of benzene rings is 1. The molecular weight excluding hydrogens is 242 g/mol. The third-order valence-corrected chi connectivity index (χ3v) is 2.96. The van der Waals surface area contributed by atoms with Gasteiger partial charge in [-0.3, -0.25) is 0 Å². The summed E-state index contributed by atoms with van der Waals surface area (Å²) in [5, 5.41) is 0. The van der Waals surface area contributed by atoms with Crippen molar-refractivity contribution in [3.05, 3.63) is 23.8 Å². The molecule has 106 valence electrons. The fraction of sp³-hybridized carbons (Fsp3) is 0.500. The van der Waals surface area contributed by atoms with Crippen LogP contribution in [0.5, 0.6) is 0 Å². The highest BCUT2D eigenvalue weighted by Gasteiger charge is 2.10. The number of nitrogen functional groups attached to an aromatic ring is 1. The van der Waals surface area contributed by atoms with Crippen LogP contribution in [0.1, 0.15) is 16.8 Å². The largest absolute Gasteiger partial charge is 0.465 e. The van der Waals surface area contributed by atoms with Gasteiger partial charge in [-0.1, -0.05) is 0 Å². The number of rotatable bonds is 6. The number of hydrogen-bond acceptors (Lipinski definition) is 5. The minimum absolute atomic E-state index is 0.367. The zero-order valence-electron chi connectivity index (χ0n) is 12.1. The summed E-state index contributed by atoms with van der Waals surface area (Å²) in [6, 6.07) is 5.25. The van der Waals surface area contributed by atoms with Crippen LogP contribution >= 0.6 is 0 Å². The van der Waals surface area contributed by atoms with E-state index in [-0.39, 0.29) is 5.97 Å². The highest BCUT2D eigenvalue weighted by molar-refractivity contribution is 5.91. The molecule has 0 atom stereocenters. The van der Waals surface area contributed by atoms with E-state index in [9.17, 15) is 4.79 Å². The Labute approximate surface area is 114 Å². The van der Waals surface area contributed by atoms with Crippen molar-refractivity contribution in [1.29, 1.82) is 0 Å². The summed E-state index contributed by atoms with van der Waals surface area (Å²) < 4.78 is 4.67. The lowest BCUT2D eigenvalue weighted by molar-refractivity contribution is 0.0601. The molecule has 0 unspecified atom stereocenters. The van der Waals surface area contributed by atoms with Crippen LogP contribution in [0.4, 0.5) is 11.4 Å². The van der Waals surface area contributed by atoms with Crippen LogP contribution in [0.2, 0.25) is 0 Å². The number of carbonyl (C=O) groups excluding carboxylic acids is 1. The first kappa shape index (κ1) is 15.3. The number of nitrogens with zero attached hydrogens (tertiary/aromatic N) is 2. The van der Waals surface area contributed by atoms with Gasteiger partial charge in [-0.05, 0) is 45.3 Å². The molecule has 19 heavy (non-hydrogen) atoms. The number of ether oxygens (including phenoxy) is 1. The highest BCUT2D eigenvalue weighted by Crippen LogP contribution is 2.23. The Morgan fingerprint density at radius 1 is 1.26 bits per heavy atom. The van der Waals surface area contributed by atoms with Gasteiger partial charge in [0, 0.05) is 13.6 Å². The van der Waals surface area contributed by atoms with Crippen LogP contribution in [0, 0.1) is 0 Å². The van der Waals surface area contributed by atoms with Gasteiger partial charge >= 0.3 is 5.97 Å². The third-order valence-electron chi connectivity index (χ3n) is 2.96. The Kier molecular flexibility index (Phi) is 5.63. The Morgan fingerprint density at radius 3 is 2.47 bits per heavy atom. The summed E-state index contributed by atoms with van der Waals surface area (Å²) in [7, 11) is 7.47. The molecular formula is C14H23N3O2. The van der Waals surface area contributed by atoms with Crippen molar-refractivity contribution in [3.63, 3.8) is 0 Å². The Bertz CT molecular complexity index is 433. The van der Waals surface area contributed by atoms with Crippen molar-refractivity contribution in [3.8, 4) is 0 Å². The molecule has 1 aromatic carbocycles. The lowest BCUT2D eigenvalue weighted by Gasteiger charge is -2.22. The van der Waals surface area contributed by atoms with E-state index in [1.165, 1.54) is 7.11 Å². The zero-order valence-corrected chi connectivity index (χ0v) is 12.1. The monoisotopic (exact) mass is 265 g/mol. The van der Waals surface area contributed by atoms with Crippen molar-refractivity contribution in [1.82, 2.24) is 4.90 Å². The fourth-order valence-corrected chi connectivity index (χ4v) is 1.89. The summed E-state index contributed by atoms with van der Waals surface area (Å²) >= 11 is 0. The Balaban J connectivity index is 2.70. The quantitative estimate of drug-likeness (QED) is 0.623. The van der Waals surface area contributed by atoms with E-state index in [1.807, 2.05) is 13.1 Å². The summed E-state index contributed by atoms with van der Waals surface area (Å²) in [5.41, 5.74) is 7.99. The van der Waals surface area contributed by atoms with Crippen molar-refractivity contribution >= 4 is 17.3 Å². The first-order valence-electron chi connectivity index (χ1n) is 6.29. The lowest BCUT2D eigenvalue weighted by Crippen LogP contribution is -2.24. The molecule has 0 saturated heterocycles. The van der Waals surface area contributed by atoms with Gasteiger partial charge in [0.25, 0.3) is 0 Å². The predicted molar refractivity (Wildman–Crippen MR) is 78.6 cm³/mol. The van der Waals surface area contributed by atoms with Gasteiger partial charge in [0.2, 0.25) is 0 Å². The van der Waals surface area contributed by atoms with Crippen molar-refractivity contribution in [2.24, 2.45) is 0 Å². The van der Waals surface area contributed by atoms with E-state index in [4.69, 9.17) is 5.73 Å². The molecule has 0 heterocycles. The minimum Gasteiger partial charge on any atom is -0.465 e. The molecule has 0 aliphatic carbocycles. The number of carbonyl (C=O) groups is 1. The van der Waals surface area contributed by atoms with E-state index in [2.05, 4.69) is 28.6 Å². The van der Waals surface area contributed by atoms with Gasteiger partial charge < -0.3 is 20.3 Å². The molecule has 0 saturated carbocycles. The van der Waals surface area contributed by atoms with Gasteiger partial charge in [0.05, 0.1) is 24.0 Å². The molecule has 0 spiro atoms. The van der Waals surface area contributed by atoms with Crippen LogP contribution in [0.3, 0.4) is 0 Å². The molecule has 0 amide bonds. The van der Waals surface area contributed by atoms with Crippen molar-refractivity contribution < 1.29 is 9.53 Å². The number of methoxy groups -OCH3 is 1. The Hall–Kier alpha value is -1.75. The van der Waals surface area contributed by atoms with Crippen LogP contribution in [0.25, 0.3) is 0 Å². The average Bonchev–Trinajstić information content (AvgIpc) is 2.36. The first-order valence-corrected chi connectivity index (χ1v) is 6.29. The number of nitrogens with two attached hydrogens (primary N) is 1. The molecule has 0 aliphatic heterocycles. The standard InChI is InChI=1S/C14H23N3O2/c1-16(2)8-5-9-17(3)13-7-6-11(10-12(13)15)14(18)19-4/h6-7,10H,5,8-9,15H2,1-4H3. The highest BCUT2D eigenvalue weighted by atomic mass is 16.5. The van der Waals surface area contributed by atoms with E-state index in [0.29, 0.717) is 11.3 Å². The molecule has 1 rings (SSSR count). The van der Waals surface area contributed by atoms with Gasteiger partial charge in [-0.15, -0.1) is 0 Å². The topological polar surface area (TPSA) is 58.8 Å². The summed E-state index contributed by atoms with van der Waals surface area (Å²) in [4.78, 5) is 15.6. The van der Waals surface area contributed by atoms with E-state index >= 15 is 0 Å². The molecule has 5 heteroatoms. The molecule has 0 aromatic heterocycles. The van der Waals surface area contributed by atoms with Crippen LogP contribution in [0.15, 0.2) is 18.2 Å². The maximum Gasteiger partial charge on any atom is 0.337 e. The maximum absolute atomic E-state index is 11.4. The van der Waals surface area contributed by atoms with E-state index in [0.717, 1.165) is 25.2 Å². The van der Waals surface area contributed by atoms with Crippen molar-refractivity contribution in [2.45, 2.75) is 6.42 Å². The van der Waals surface area contributed by atoms with Gasteiger partial charge in [0.15, 0.2) is 0 Å². The van der Waals surface area contributed by atoms with Crippen molar-refractivity contribution in [2.75, 3.05) is 52.0 Å². The molecule has 0 radical (unpaired) electrons. The lowest BCUT2D eigenvalue weighted by atomic mass is 10.1. The molecule has 0 bridgehead atoms. The fourth-order valence-electron chi connectivity index (χ4n) is 1.89. The second-order valence-electron chi connectivity index (χ2n) is 4.84. The Morgan fingerprint density at radius 2 is 1.95 bits per heavy atom. The second-order valence-corrected chi connectivity index (χ2v) is 4.84. The normalized spacial score (nSPS) is 10.6. The smallest absolute Gasteiger partial charge is 0.337 e. The minimum atomic E-state index is -0.367. The molecule has 2 N–H and O–H groups in total. The third kappa shape index (κ3) is 4.44. The number of esters is 1. The number of hydrogen-bond donors (Lipinski definition) is 1. The second kappa shape index (κ2) is 6.99. The van der Waals surface area contributed by atoms with Crippen LogP contribution in [-0.4, -0.2) is 52.2 Å². The van der Waals surface area contributed by atoms with Gasteiger partial charge in [-0.2, -0.15) is 0 Å². The van der Waals surface area contributed by atoms with Gasteiger partial charge in [-0.25, -0.2) is 4.79 Å². The molecule has 5 nitrogen and oxygen atoms in total. The van der Waals surface area contributed by atoms with E-state index < -0.39 is 0 Å². The SMILES string of the molecule is COC(=O)c1ccc(N(C)CCCN(C)C)c(N)c1. The molecule has 1 aromatic rings. The predicted octanol–water partition coefficient (Wildman–Crippen LogP) is 1.44. The summed E-state index contributed by atoms with van der Waals surface area (Å²) in [5.74, 6) is -0.367. The zero-order chi connectivity index (χ0) is 14.4.